The van der Waals surface area contributed by atoms with Gasteiger partial charge in [0.25, 0.3) is 11.3 Å². The van der Waals surface area contributed by atoms with Crippen LogP contribution in [0, 0.1) is 35.5 Å². The molecular formula is C65H105Cl2F2N9O21. The van der Waals surface area contributed by atoms with Crippen molar-refractivity contribution >= 4 is 80.9 Å². The van der Waals surface area contributed by atoms with Gasteiger partial charge in [-0.2, -0.15) is 0 Å². The number of rotatable bonds is 18. The second kappa shape index (κ2) is 38.0. The number of aliphatic hydroxyl groups is 3. The summed E-state index contributed by atoms with van der Waals surface area (Å²) in [6.45, 7) is 23.2. The molecule has 0 spiro atoms. The van der Waals surface area contributed by atoms with E-state index in [9.17, 15) is 58.2 Å². The van der Waals surface area contributed by atoms with Crippen molar-refractivity contribution < 1.29 is 110 Å². The van der Waals surface area contributed by atoms with E-state index in [0.717, 1.165) is 21.0 Å². The number of esters is 2. The molecule has 0 radical (unpaired) electrons. The summed E-state index contributed by atoms with van der Waals surface area (Å²) in [6.07, 6.45) is -7.05. The van der Waals surface area contributed by atoms with Crippen molar-refractivity contribution in [2.75, 3.05) is 61.6 Å². The topological polar surface area (TPSA) is 412 Å². The fraction of sp³-hybridized carbons (Fsp3) is 0.846. The average molecular weight is 1460 g/mol. The molecule has 0 aliphatic carbocycles. The van der Waals surface area contributed by atoms with E-state index in [-0.39, 0.29) is 75.6 Å². The first-order valence-electron chi connectivity index (χ1n) is 33.1. The molecule has 0 aromatic heterocycles. The van der Waals surface area contributed by atoms with Gasteiger partial charge in [-0.3, -0.25) is 28.8 Å². The maximum atomic E-state index is 16.7. The second-order valence-electron chi connectivity index (χ2n) is 27.4. The summed E-state index contributed by atoms with van der Waals surface area (Å²) in [5.74, 6) is -11.7. The van der Waals surface area contributed by atoms with Gasteiger partial charge < -0.3 is 67.9 Å². The van der Waals surface area contributed by atoms with E-state index in [4.69, 9.17) is 54.1 Å². The number of alkyl halides is 2. The molecular weight excluding hydrogens is 1350 g/mol. The van der Waals surface area contributed by atoms with E-state index < -0.39 is 164 Å². The predicted octanol–water partition coefficient (Wildman–Crippen LogP) is 8.42. The van der Waals surface area contributed by atoms with E-state index in [1.54, 1.807) is 62.3 Å². The van der Waals surface area contributed by atoms with Gasteiger partial charge in [-0.05, 0) is 155 Å². The summed E-state index contributed by atoms with van der Waals surface area (Å²) in [5.41, 5.74) is 4.83. The van der Waals surface area contributed by atoms with E-state index in [1.807, 2.05) is 25.9 Å². The first-order chi connectivity index (χ1) is 45.9. The number of halogens is 4. The molecule has 5 heterocycles. The lowest BCUT2D eigenvalue weighted by Gasteiger charge is -2.47. The molecule has 3 N–H and O–H groups in total. The summed E-state index contributed by atoms with van der Waals surface area (Å²) in [4.78, 5) is 138. The van der Waals surface area contributed by atoms with Crippen LogP contribution in [0.1, 0.15) is 162 Å². The van der Waals surface area contributed by atoms with Gasteiger partial charge in [0.1, 0.15) is 29.9 Å². The normalized spacial score (nSPS) is 37.9. The fourth-order valence-electron chi connectivity index (χ4n) is 14.4. The molecule has 34 heteroatoms. The van der Waals surface area contributed by atoms with Gasteiger partial charge in [-0.25, -0.2) is 28.0 Å². The summed E-state index contributed by atoms with van der Waals surface area (Å²) in [6, 6.07) is -2.22. The molecule has 564 valence electrons. The number of aliphatic hydroxyl groups excluding tert-OH is 3. The third-order valence-corrected chi connectivity index (χ3v) is 20.4. The number of hydrogen-bond donors (Lipinski definition) is 3. The number of carbonyl (C=O) groups excluding carboxylic acids is 10. The van der Waals surface area contributed by atoms with Gasteiger partial charge in [-0.15, -0.1) is 0 Å². The predicted molar refractivity (Wildman–Crippen MR) is 355 cm³/mol. The Kier molecular flexibility index (Phi) is 34.2. The molecule has 5 saturated heterocycles. The number of amides is 2. The third kappa shape index (κ3) is 20.8. The average Bonchev–Trinajstić information content (AvgIpc) is 1.65. The fourth-order valence-corrected chi connectivity index (χ4v) is 14.4. The van der Waals surface area contributed by atoms with Crippen LogP contribution in [0.25, 0.3) is 20.9 Å². The minimum Gasteiger partial charge on any atom is -0.455 e. The molecule has 2 amide bonds. The number of ether oxygens (including phenoxy) is 8. The van der Waals surface area contributed by atoms with Crippen LogP contribution in [0.4, 0.5) is 18.4 Å². The number of unbranched alkanes of at least 4 members (excludes halogenated alkanes) is 2. The second-order valence-corrected chi connectivity index (χ2v) is 28.1. The number of ketones is 4. The van der Waals surface area contributed by atoms with Crippen LogP contribution < -0.4 is 0 Å². The number of cyclic esters (lactones) is 2. The lowest BCUT2D eigenvalue weighted by molar-refractivity contribution is -0.295. The van der Waals surface area contributed by atoms with Crippen molar-refractivity contribution in [1.29, 1.82) is 0 Å². The van der Waals surface area contributed by atoms with Gasteiger partial charge in [0, 0.05) is 98.9 Å². The Labute approximate surface area is 587 Å². The minimum atomic E-state index is -3.18. The first-order valence-corrected chi connectivity index (χ1v) is 33.9. The molecule has 99 heavy (non-hydrogen) atoms. The van der Waals surface area contributed by atoms with Gasteiger partial charge in [0.2, 0.25) is 0 Å². The zero-order chi connectivity index (χ0) is 76.4. The van der Waals surface area contributed by atoms with E-state index >= 15 is 8.78 Å². The smallest absolute Gasteiger partial charge is 0.410 e. The van der Waals surface area contributed by atoms with E-state index in [0.29, 0.717) is 32.1 Å². The number of azide groups is 2. The van der Waals surface area contributed by atoms with Gasteiger partial charge >= 0.3 is 34.6 Å². The maximum absolute atomic E-state index is 16.7. The van der Waals surface area contributed by atoms with Crippen LogP contribution in [0.3, 0.4) is 0 Å². The zero-order valence-electron chi connectivity index (χ0n) is 60.7. The Morgan fingerprint density at radius 2 is 1.01 bits per heavy atom. The summed E-state index contributed by atoms with van der Waals surface area (Å²) in [7, 11) is 7.32. The lowest BCUT2D eigenvalue weighted by Crippen LogP contribution is -2.61. The Bertz CT molecular complexity index is 2930. The number of carbonyl (C=O) groups is 10. The quantitative estimate of drug-likeness (QED) is 0.0133. The summed E-state index contributed by atoms with van der Waals surface area (Å²) >= 11 is 8.98. The summed E-state index contributed by atoms with van der Waals surface area (Å²) in [5, 5.41) is 34.2. The molecule has 5 rings (SSSR count). The molecule has 0 saturated carbocycles. The van der Waals surface area contributed by atoms with Crippen molar-refractivity contribution in [3.63, 3.8) is 0 Å². The number of fused-ring (bicyclic) bond motifs is 2. The molecule has 5 aliphatic rings. The van der Waals surface area contributed by atoms with Crippen molar-refractivity contribution in [2.45, 2.75) is 256 Å². The van der Waals surface area contributed by atoms with Crippen LogP contribution in [0.15, 0.2) is 10.2 Å². The van der Waals surface area contributed by atoms with Crippen LogP contribution in [-0.4, -0.2) is 244 Å². The zero-order valence-corrected chi connectivity index (χ0v) is 62.2. The van der Waals surface area contributed by atoms with E-state index in [1.165, 1.54) is 44.8 Å². The summed E-state index contributed by atoms with van der Waals surface area (Å²) < 4.78 is 79.6. The molecule has 0 bridgehead atoms. The number of methoxy groups -OCH3 is 2. The Morgan fingerprint density at radius 3 is 1.35 bits per heavy atom. The Hall–Kier alpha value is -5.76. The monoisotopic (exact) mass is 1460 g/mol. The highest BCUT2D eigenvalue weighted by molar-refractivity contribution is 6.97. The largest absolute Gasteiger partial charge is 0.455 e. The highest BCUT2D eigenvalue weighted by atomic mass is 35.5. The van der Waals surface area contributed by atoms with Gasteiger partial charge in [-0.1, -0.05) is 65.6 Å². The van der Waals surface area contributed by atoms with Gasteiger partial charge in [0.15, 0.2) is 29.1 Å². The highest BCUT2D eigenvalue weighted by Gasteiger charge is 2.64. The molecule has 0 aromatic rings. The van der Waals surface area contributed by atoms with Crippen molar-refractivity contribution in [3.05, 3.63) is 20.9 Å². The standard InChI is InChI=1S/C35H58FN5O10.C27H43FN4O8.C2Cl2O2.CH4O/c1-12-24-35(8)27(41(32(46)51-35)16-14-13-15-38-39-37)21(4)25(42)19(2)18-33(6,47-11)29(22(5)28(44)34(7,36)31(45)49-24)50-30-26(43)23(40(9)10)17-20(3)48-30;1-9-18-27(7)20(32(24(37)40-27)13-11-10-12-30-31-29)16(3)19(33)15(2)14-25(5,38-8)21(34)17(4)22(35)26(6,28)23(36)39-18;3-1(5)2(4)6;1-2/h19-24,26-27,29-30,43H,12-18H2,1-11H3;15-18,20-21,34H,9-14H2,1-8H3;;2H,1H3/t19-,20?,21+,22+,23?,24-,26?,27-,29-,30?,33+,34+,35-;15-,16+,17-,18-,20-,21-,25+,26+,27-;;/m11../s1. The Morgan fingerprint density at radius 1 is 0.636 bits per heavy atom. The van der Waals surface area contributed by atoms with Crippen molar-refractivity contribution in [3.8, 4) is 0 Å². The van der Waals surface area contributed by atoms with Gasteiger partial charge in [0.05, 0.1) is 41.6 Å². The molecule has 30 nitrogen and oxygen atoms in total. The SMILES string of the molecule is CC[C@H]1OC(=O)[C@@](C)(F)C(=O)[C@H](C)[C@@H](O)[C@@](C)(OC)C[C@@H](C)C(=O)[C@H](C)[C@H]2N(CCCCN=[N+]=[N-])C(=O)O[C@]12C.CC[C@H]1OC(=O)[C@@](C)(F)C(=O)[C@H](C)[C@@H](OC2OC(C)CC(N(C)C)C2O)[C@@](C)(OC)C[C@@H](C)C(=O)[C@H](C)[C@H]2N(CCCCN=[N+]=[N-])C(=O)O[C@]12C.CO.O=C(Cl)C(=O)Cl. The number of hydrogen-bond acceptors (Lipinski definition) is 24. The van der Waals surface area contributed by atoms with Crippen LogP contribution in [0.2, 0.25) is 0 Å². The van der Waals surface area contributed by atoms with Crippen molar-refractivity contribution in [1.82, 2.24) is 14.7 Å². The number of likely N-dealkylation sites (N-methyl/N-ethyl adjacent to an activating group) is 1. The molecule has 0 aromatic carbocycles. The van der Waals surface area contributed by atoms with Crippen LogP contribution in [-0.2, 0) is 76.3 Å². The third-order valence-electron chi connectivity index (χ3n) is 19.9. The first kappa shape index (κ1) is 89.3. The van der Waals surface area contributed by atoms with E-state index in [2.05, 4.69) is 43.3 Å². The van der Waals surface area contributed by atoms with Crippen LogP contribution >= 0.6 is 23.2 Å². The molecule has 22 atom stereocenters. The minimum absolute atomic E-state index is 0.0134. The molecule has 5 fully saturated rings. The Balaban J connectivity index is 0.000000621. The highest BCUT2D eigenvalue weighted by Crippen LogP contribution is 2.46. The number of nitrogens with zero attached hydrogens (tertiary/aromatic N) is 9. The number of Topliss-reactive ketones (excluding diaryl/α,β-unsaturated/α-hetero) is 4. The van der Waals surface area contributed by atoms with Crippen LogP contribution in [0.5, 0.6) is 0 Å². The maximum Gasteiger partial charge on any atom is 0.410 e. The molecule has 4 unspecified atom stereocenters. The van der Waals surface area contributed by atoms with Crippen molar-refractivity contribution in [2.24, 2.45) is 45.7 Å². The lowest BCUT2D eigenvalue weighted by atomic mass is 9.73. The molecule has 5 aliphatic heterocycles.